The average Bonchev–Trinajstić information content (AvgIpc) is 2.43. The molecule has 0 fully saturated rings. The Morgan fingerprint density at radius 2 is 1.86 bits per heavy atom. The minimum absolute atomic E-state index is 0.00814. The molecule has 0 bridgehead atoms. The molecule has 122 valence electrons. The Hall–Kier alpha value is -2.08. The Labute approximate surface area is 131 Å². The molecule has 1 atom stereocenters. The van der Waals surface area contributed by atoms with Crippen LogP contribution in [0.25, 0.3) is 0 Å². The monoisotopic (exact) mass is 308 g/mol. The Morgan fingerprint density at radius 1 is 1.23 bits per heavy atom. The predicted molar refractivity (Wildman–Crippen MR) is 83.1 cm³/mol. The number of rotatable bonds is 6. The summed E-state index contributed by atoms with van der Waals surface area (Å²) in [5, 5.41) is 2.57. The molecule has 0 aliphatic heterocycles. The van der Waals surface area contributed by atoms with Gasteiger partial charge in [0.15, 0.2) is 0 Å². The lowest BCUT2D eigenvalue weighted by Gasteiger charge is -2.22. The van der Waals surface area contributed by atoms with Crippen LogP contribution >= 0.6 is 0 Å². The molecular formula is C16H24N2O4. The molecule has 1 aromatic carbocycles. The van der Waals surface area contributed by atoms with Gasteiger partial charge in [0.1, 0.15) is 12.2 Å². The SMILES string of the molecule is CC(C)(C)OC(=O)CC(CN)NC(=O)OCc1ccccc1. The van der Waals surface area contributed by atoms with E-state index >= 15 is 0 Å². The van der Waals surface area contributed by atoms with E-state index < -0.39 is 23.7 Å². The van der Waals surface area contributed by atoms with Crippen LogP contribution in [0.15, 0.2) is 30.3 Å². The van der Waals surface area contributed by atoms with E-state index in [1.807, 2.05) is 30.3 Å². The van der Waals surface area contributed by atoms with E-state index in [-0.39, 0.29) is 19.6 Å². The number of amides is 1. The topological polar surface area (TPSA) is 90.6 Å². The summed E-state index contributed by atoms with van der Waals surface area (Å²) in [6.07, 6.45) is -0.600. The highest BCUT2D eigenvalue weighted by molar-refractivity contribution is 5.73. The van der Waals surface area contributed by atoms with Crippen LogP contribution in [0.4, 0.5) is 4.79 Å². The maximum atomic E-state index is 11.7. The highest BCUT2D eigenvalue weighted by Gasteiger charge is 2.21. The Morgan fingerprint density at radius 3 is 2.41 bits per heavy atom. The largest absolute Gasteiger partial charge is 0.460 e. The number of hydrogen-bond acceptors (Lipinski definition) is 5. The number of hydrogen-bond donors (Lipinski definition) is 2. The van der Waals surface area contributed by atoms with Gasteiger partial charge in [0.25, 0.3) is 0 Å². The van der Waals surface area contributed by atoms with Gasteiger partial charge in [-0.05, 0) is 26.3 Å². The molecule has 1 unspecified atom stereocenters. The molecule has 1 rings (SSSR count). The summed E-state index contributed by atoms with van der Waals surface area (Å²) < 4.78 is 10.3. The molecule has 6 nitrogen and oxygen atoms in total. The number of carbonyl (C=O) groups is 2. The minimum atomic E-state index is -0.608. The van der Waals surface area contributed by atoms with Crippen molar-refractivity contribution in [2.45, 2.75) is 45.4 Å². The summed E-state index contributed by atoms with van der Waals surface area (Å²) in [5.74, 6) is -0.411. The van der Waals surface area contributed by atoms with Gasteiger partial charge in [-0.15, -0.1) is 0 Å². The molecule has 0 heterocycles. The summed E-state index contributed by atoms with van der Waals surface area (Å²) in [6, 6.07) is 8.81. The van der Waals surface area contributed by atoms with Crippen LogP contribution < -0.4 is 11.1 Å². The zero-order valence-electron chi connectivity index (χ0n) is 13.3. The number of nitrogens with two attached hydrogens (primary N) is 1. The molecule has 0 aliphatic rings. The summed E-state index contributed by atoms with van der Waals surface area (Å²) >= 11 is 0. The van der Waals surface area contributed by atoms with Crippen molar-refractivity contribution < 1.29 is 19.1 Å². The molecule has 0 saturated heterocycles. The molecule has 0 aromatic heterocycles. The molecule has 22 heavy (non-hydrogen) atoms. The number of alkyl carbamates (subject to hydrolysis) is 1. The van der Waals surface area contributed by atoms with Crippen molar-refractivity contribution in [3.8, 4) is 0 Å². The first-order valence-corrected chi connectivity index (χ1v) is 7.19. The fourth-order valence-electron chi connectivity index (χ4n) is 1.71. The molecule has 3 N–H and O–H groups in total. The second-order valence-corrected chi connectivity index (χ2v) is 5.93. The summed E-state index contributed by atoms with van der Waals surface area (Å²) in [5.41, 5.74) is 5.88. The molecule has 0 radical (unpaired) electrons. The van der Waals surface area contributed by atoms with Crippen molar-refractivity contribution in [2.75, 3.05) is 6.54 Å². The normalized spacial score (nSPS) is 12.4. The lowest BCUT2D eigenvalue weighted by Crippen LogP contribution is -2.42. The third-order valence-corrected chi connectivity index (χ3v) is 2.65. The van der Waals surface area contributed by atoms with Gasteiger partial charge >= 0.3 is 12.1 Å². The van der Waals surface area contributed by atoms with E-state index in [1.165, 1.54) is 0 Å². The first-order valence-electron chi connectivity index (χ1n) is 7.19. The van der Waals surface area contributed by atoms with Crippen LogP contribution in [0, 0.1) is 0 Å². The zero-order chi connectivity index (χ0) is 16.6. The van der Waals surface area contributed by atoms with Gasteiger partial charge in [-0.1, -0.05) is 30.3 Å². The predicted octanol–water partition coefficient (Wildman–Crippen LogP) is 1.97. The number of nitrogens with one attached hydrogen (secondary N) is 1. The lowest BCUT2D eigenvalue weighted by atomic mass is 10.1. The average molecular weight is 308 g/mol. The van der Waals surface area contributed by atoms with E-state index in [1.54, 1.807) is 20.8 Å². The first kappa shape index (κ1) is 18.0. The van der Waals surface area contributed by atoms with Gasteiger partial charge < -0.3 is 20.5 Å². The molecule has 0 aliphatic carbocycles. The summed E-state index contributed by atoms with van der Waals surface area (Å²) in [4.78, 5) is 23.4. The molecule has 6 heteroatoms. The number of carbonyl (C=O) groups excluding carboxylic acids is 2. The van der Waals surface area contributed by atoms with Gasteiger partial charge in [-0.2, -0.15) is 0 Å². The third-order valence-electron chi connectivity index (χ3n) is 2.65. The smallest absolute Gasteiger partial charge is 0.407 e. The van der Waals surface area contributed by atoms with E-state index in [0.717, 1.165) is 5.56 Å². The standard InChI is InChI=1S/C16H24N2O4/c1-16(2,3)22-14(19)9-13(10-17)18-15(20)21-11-12-7-5-4-6-8-12/h4-8,13H,9-11,17H2,1-3H3,(H,18,20). The van der Waals surface area contributed by atoms with Crippen LogP contribution in [-0.2, 0) is 20.9 Å². The van der Waals surface area contributed by atoms with Gasteiger partial charge in [0.2, 0.25) is 0 Å². The fourth-order valence-corrected chi connectivity index (χ4v) is 1.71. The quantitative estimate of drug-likeness (QED) is 0.784. The lowest BCUT2D eigenvalue weighted by molar-refractivity contribution is -0.155. The van der Waals surface area contributed by atoms with Crippen molar-refractivity contribution in [1.82, 2.24) is 5.32 Å². The summed E-state index contributed by atoms with van der Waals surface area (Å²) in [6.45, 7) is 5.63. The fraction of sp³-hybridized carbons (Fsp3) is 0.500. The van der Waals surface area contributed by atoms with Crippen molar-refractivity contribution in [3.05, 3.63) is 35.9 Å². The van der Waals surface area contributed by atoms with E-state index in [4.69, 9.17) is 15.2 Å². The number of ether oxygens (including phenoxy) is 2. The highest BCUT2D eigenvalue weighted by atomic mass is 16.6. The summed E-state index contributed by atoms with van der Waals surface area (Å²) in [7, 11) is 0. The molecule has 0 spiro atoms. The first-order chi connectivity index (χ1) is 10.3. The van der Waals surface area contributed by atoms with Gasteiger partial charge in [-0.3, -0.25) is 4.79 Å². The van der Waals surface area contributed by atoms with E-state index in [0.29, 0.717) is 0 Å². The van der Waals surface area contributed by atoms with Crippen molar-refractivity contribution in [1.29, 1.82) is 0 Å². The highest BCUT2D eigenvalue weighted by Crippen LogP contribution is 2.09. The second-order valence-electron chi connectivity index (χ2n) is 5.93. The van der Waals surface area contributed by atoms with Crippen LogP contribution in [0.5, 0.6) is 0 Å². The second kappa shape index (κ2) is 8.38. The van der Waals surface area contributed by atoms with Crippen LogP contribution in [0.2, 0.25) is 0 Å². The van der Waals surface area contributed by atoms with E-state index in [2.05, 4.69) is 5.32 Å². The zero-order valence-corrected chi connectivity index (χ0v) is 13.3. The van der Waals surface area contributed by atoms with Crippen LogP contribution in [-0.4, -0.2) is 30.3 Å². The third kappa shape index (κ3) is 7.64. The van der Waals surface area contributed by atoms with Crippen molar-refractivity contribution in [2.24, 2.45) is 5.73 Å². The van der Waals surface area contributed by atoms with Gasteiger partial charge in [0.05, 0.1) is 12.5 Å². The number of esters is 1. The maximum absolute atomic E-state index is 11.7. The van der Waals surface area contributed by atoms with Gasteiger partial charge in [0, 0.05) is 6.54 Å². The van der Waals surface area contributed by atoms with Crippen LogP contribution in [0.3, 0.4) is 0 Å². The van der Waals surface area contributed by atoms with Gasteiger partial charge in [-0.25, -0.2) is 4.79 Å². The molecule has 1 amide bonds. The number of benzene rings is 1. The van der Waals surface area contributed by atoms with Crippen molar-refractivity contribution >= 4 is 12.1 Å². The van der Waals surface area contributed by atoms with E-state index in [9.17, 15) is 9.59 Å². The molecule has 0 saturated carbocycles. The minimum Gasteiger partial charge on any atom is -0.460 e. The molecular weight excluding hydrogens is 284 g/mol. The molecule has 1 aromatic rings. The van der Waals surface area contributed by atoms with Crippen LogP contribution in [0.1, 0.15) is 32.8 Å². The Bertz CT molecular complexity index is 483. The maximum Gasteiger partial charge on any atom is 0.407 e. The Kier molecular flexibility index (Phi) is 6.85. The van der Waals surface area contributed by atoms with Crippen molar-refractivity contribution in [3.63, 3.8) is 0 Å². The Balaban J connectivity index is 2.38.